The Labute approximate surface area is 112 Å². The van der Waals surface area contributed by atoms with Crippen LogP contribution in [0.4, 0.5) is 0 Å². The third kappa shape index (κ3) is 2.03. The van der Waals surface area contributed by atoms with Crippen LogP contribution >= 0.6 is 0 Å². The van der Waals surface area contributed by atoms with Gasteiger partial charge in [0, 0.05) is 11.8 Å². The molecule has 102 valence electrons. The van der Waals surface area contributed by atoms with Crippen LogP contribution in [0.15, 0.2) is 29.1 Å². The first-order valence-electron chi connectivity index (χ1n) is 6.02. The smallest absolute Gasteiger partial charge is 0.360 e. The maximum absolute atomic E-state index is 12.1. The predicted molar refractivity (Wildman–Crippen MR) is 67.1 cm³/mol. The molecule has 0 spiro atoms. The molecule has 1 fully saturated rings. The van der Waals surface area contributed by atoms with Crippen LogP contribution in [0.1, 0.15) is 16.9 Å². The van der Waals surface area contributed by atoms with Crippen LogP contribution in [-0.4, -0.2) is 34.8 Å². The number of ether oxygens (including phenoxy) is 2. The molecule has 2 aromatic rings. The first-order chi connectivity index (χ1) is 9.66. The molecule has 0 radical (unpaired) electrons. The minimum atomic E-state index is -0.907. The fourth-order valence-corrected chi connectivity index (χ4v) is 2.04. The first kappa shape index (κ1) is 12.3. The molecule has 0 bridgehead atoms. The number of nitrogens with zero attached hydrogens (tertiary/aromatic N) is 1. The molecule has 1 N–H and O–H groups in total. The minimum absolute atomic E-state index is 0.0279. The summed E-state index contributed by atoms with van der Waals surface area (Å²) in [4.78, 5) is 34.9. The number of hydrogen-bond acceptors (Lipinski definition) is 6. The van der Waals surface area contributed by atoms with Crippen molar-refractivity contribution in [2.75, 3.05) is 6.61 Å². The van der Waals surface area contributed by atoms with Crippen molar-refractivity contribution in [2.45, 2.75) is 12.5 Å². The zero-order chi connectivity index (χ0) is 14.1. The Hall–Kier alpha value is -2.70. The average Bonchev–Trinajstić information content (AvgIpc) is 2.85. The fourth-order valence-electron chi connectivity index (χ4n) is 2.04. The van der Waals surface area contributed by atoms with Gasteiger partial charge in [-0.3, -0.25) is 4.79 Å². The summed E-state index contributed by atoms with van der Waals surface area (Å²) in [5.41, 5.74) is -0.419. The summed E-state index contributed by atoms with van der Waals surface area (Å²) in [7, 11) is 0. The number of carbonyl (C=O) groups is 2. The normalized spacial score (nSPS) is 18.0. The van der Waals surface area contributed by atoms with Gasteiger partial charge in [0.2, 0.25) is 6.10 Å². The van der Waals surface area contributed by atoms with E-state index < -0.39 is 23.6 Å². The van der Waals surface area contributed by atoms with Crippen molar-refractivity contribution in [1.29, 1.82) is 0 Å². The molecule has 1 saturated heterocycles. The highest BCUT2D eigenvalue weighted by Gasteiger charge is 2.31. The van der Waals surface area contributed by atoms with Gasteiger partial charge in [-0.25, -0.2) is 14.7 Å². The molecule has 1 aliphatic heterocycles. The Morgan fingerprint density at radius 3 is 2.75 bits per heavy atom. The molecule has 0 saturated carbocycles. The number of esters is 2. The van der Waals surface area contributed by atoms with E-state index in [4.69, 9.17) is 9.47 Å². The molecule has 1 aromatic heterocycles. The van der Waals surface area contributed by atoms with E-state index >= 15 is 0 Å². The number of benzene rings is 1. The van der Waals surface area contributed by atoms with Gasteiger partial charge in [-0.15, -0.1) is 0 Å². The lowest BCUT2D eigenvalue weighted by Gasteiger charge is -2.08. The van der Waals surface area contributed by atoms with Crippen molar-refractivity contribution in [2.24, 2.45) is 0 Å². The molecule has 1 aliphatic rings. The van der Waals surface area contributed by atoms with Crippen LogP contribution in [0.5, 0.6) is 0 Å². The molecular formula is C13H10N2O5. The van der Waals surface area contributed by atoms with Crippen LogP contribution in [0, 0.1) is 0 Å². The number of fused-ring (bicyclic) bond motifs is 1. The maximum atomic E-state index is 12.1. The van der Waals surface area contributed by atoms with Gasteiger partial charge in [-0.05, 0) is 6.07 Å². The zero-order valence-corrected chi connectivity index (χ0v) is 10.3. The quantitative estimate of drug-likeness (QED) is 0.796. The number of nitrogens with one attached hydrogen (secondary N) is 1. The van der Waals surface area contributed by atoms with Crippen molar-refractivity contribution in [3.05, 3.63) is 40.3 Å². The maximum Gasteiger partial charge on any atom is 0.360 e. The topological polar surface area (TPSA) is 98.3 Å². The van der Waals surface area contributed by atoms with Gasteiger partial charge < -0.3 is 9.47 Å². The molecule has 2 heterocycles. The Balaban J connectivity index is 1.98. The van der Waals surface area contributed by atoms with E-state index in [1.165, 1.54) is 0 Å². The lowest BCUT2D eigenvalue weighted by molar-refractivity contribution is -0.145. The highest BCUT2D eigenvalue weighted by molar-refractivity contribution is 6.02. The van der Waals surface area contributed by atoms with Crippen molar-refractivity contribution in [1.82, 2.24) is 10.2 Å². The molecule has 1 aromatic carbocycles. The lowest BCUT2D eigenvalue weighted by atomic mass is 10.1. The summed E-state index contributed by atoms with van der Waals surface area (Å²) in [5.74, 6) is -1.33. The van der Waals surface area contributed by atoms with Crippen LogP contribution < -0.4 is 5.56 Å². The highest BCUT2D eigenvalue weighted by atomic mass is 16.6. The van der Waals surface area contributed by atoms with Gasteiger partial charge in [0.25, 0.3) is 5.56 Å². The number of H-pyrrole nitrogens is 1. The number of carbonyl (C=O) groups excluding carboxylic acids is 2. The average molecular weight is 274 g/mol. The van der Waals surface area contributed by atoms with E-state index in [-0.39, 0.29) is 12.3 Å². The summed E-state index contributed by atoms with van der Waals surface area (Å²) < 4.78 is 9.77. The SMILES string of the molecule is O=C(OC1CCOC1=O)c1n[nH]c(=O)c2ccccc12. The third-order valence-corrected chi connectivity index (χ3v) is 3.03. The zero-order valence-electron chi connectivity index (χ0n) is 10.3. The monoisotopic (exact) mass is 274 g/mol. The van der Waals surface area contributed by atoms with Gasteiger partial charge >= 0.3 is 11.9 Å². The Kier molecular flexibility index (Phi) is 2.94. The summed E-state index contributed by atoms with van der Waals surface area (Å²) in [6, 6.07) is 6.54. The lowest BCUT2D eigenvalue weighted by Crippen LogP contribution is -2.24. The van der Waals surface area contributed by atoms with Gasteiger partial charge in [-0.1, -0.05) is 18.2 Å². The Bertz CT molecular complexity index is 752. The third-order valence-electron chi connectivity index (χ3n) is 3.03. The van der Waals surface area contributed by atoms with E-state index in [0.29, 0.717) is 17.2 Å². The second-order valence-corrected chi connectivity index (χ2v) is 4.30. The van der Waals surface area contributed by atoms with Crippen molar-refractivity contribution in [3.63, 3.8) is 0 Å². The minimum Gasteiger partial charge on any atom is -0.463 e. The van der Waals surface area contributed by atoms with E-state index in [9.17, 15) is 14.4 Å². The molecule has 3 rings (SSSR count). The number of aromatic amines is 1. The molecule has 0 amide bonds. The Morgan fingerprint density at radius 2 is 2.05 bits per heavy atom. The predicted octanol–water partition coefficient (Wildman–Crippen LogP) is 0.395. The van der Waals surface area contributed by atoms with Crippen molar-refractivity contribution < 1.29 is 19.1 Å². The summed E-state index contributed by atoms with van der Waals surface area (Å²) in [5, 5.41) is 6.67. The number of aromatic nitrogens is 2. The van der Waals surface area contributed by atoms with Gasteiger partial charge in [0.05, 0.1) is 12.0 Å². The second-order valence-electron chi connectivity index (χ2n) is 4.30. The molecule has 20 heavy (non-hydrogen) atoms. The number of hydrogen-bond donors (Lipinski definition) is 1. The standard InChI is InChI=1S/C13H10N2O5/c16-11-8-4-2-1-3-7(8)10(14-15-11)13(18)20-9-5-6-19-12(9)17/h1-4,9H,5-6H2,(H,15,16). The number of rotatable bonds is 2. The van der Waals surface area contributed by atoms with E-state index in [2.05, 4.69) is 10.2 Å². The van der Waals surface area contributed by atoms with Crippen molar-refractivity contribution in [3.8, 4) is 0 Å². The molecule has 7 nitrogen and oxygen atoms in total. The second kappa shape index (κ2) is 4.76. The van der Waals surface area contributed by atoms with Crippen LogP contribution in [0.25, 0.3) is 10.8 Å². The van der Waals surface area contributed by atoms with Gasteiger partial charge in [-0.2, -0.15) is 5.10 Å². The van der Waals surface area contributed by atoms with Crippen LogP contribution in [-0.2, 0) is 14.3 Å². The molecule has 1 unspecified atom stereocenters. The van der Waals surface area contributed by atoms with Gasteiger partial charge in [0.1, 0.15) is 0 Å². The van der Waals surface area contributed by atoms with Gasteiger partial charge in [0.15, 0.2) is 5.69 Å². The van der Waals surface area contributed by atoms with E-state index in [0.717, 1.165) is 0 Å². The van der Waals surface area contributed by atoms with Crippen LogP contribution in [0.2, 0.25) is 0 Å². The molecule has 0 aliphatic carbocycles. The van der Waals surface area contributed by atoms with E-state index in [1.54, 1.807) is 24.3 Å². The fraction of sp³-hybridized carbons (Fsp3) is 0.231. The summed E-state index contributed by atoms with van der Waals surface area (Å²) in [6.07, 6.45) is -0.582. The summed E-state index contributed by atoms with van der Waals surface area (Å²) >= 11 is 0. The largest absolute Gasteiger partial charge is 0.463 e. The first-order valence-corrected chi connectivity index (χ1v) is 6.02. The molecule has 7 heteroatoms. The van der Waals surface area contributed by atoms with E-state index in [1.807, 2.05) is 0 Å². The molecular weight excluding hydrogens is 264 g/mol. The Morgan fingerprint density at radius 1 is 1.30 bits per heavy atom. The number of cyclic esters (lactones) is 1. The molecule has 1 atom stereocenters. The van der Waals surface area contributed by atoms with Crippen molar-refractivity contribution >= 4 is 22.7 Å². The summed E-state index contributed by atoms with van der Waals surface area (Å²) in [6.45, 7) is 0.233. The van der Waals surface area contributed by atoms with Crippen LogP contribution in [0.3, 0.4) is 0 Å². The highest BCUT2D eigenvalue weighted by Crippen LogP contribution is 2.16.